The fourth-order valence-corrected chi connectivity index (χ4v) is 1.76. The average Bonchev–Trinajstić information content (AvgIpc) is 2.85. The Morgan fingerprint density at radius 1 is 1.42 bits per heavy atom. The second kappa shape index (κ2) is 5.84. The van der Waals surface area contributed by atoms with Crippen LogP contribution in [-0.2, 0) is 13.0 Å². The first kappa shape index (κ1) is 13.5. The highest BCUT2D eigenvalue weighted by Crippen LogP contribution is 2.26. The minimum Gasteiger partial charge on any atom is -0.485 e. The summed E-state index contributed by atoms with van der Waals surface area (Å²) in [5.74, 6) is 1.75. The van der Waals surface area contributed by atoms with Gasteiger partial charge in [-0.1, -0.05) is 23.7 Å². The minimum absolute atomic E-state index is 0.228. The monoisotopic (exact) mass is 262 g/mol. The number of nitrogens with zero attached hydrogens (tertiary/aromatic N) is 2. The number of rotatable bonds is 5. The van der Waals surface area contributed by atoms with Crippen LogP contribution in [0, 0.1) is 6.92 Å². The highest BCUT2D eigenvalue weighted by atomic mass is 16.5. The van der Waals surface area contributed by atoms with Gasteiger partial charge in [-0.2, -0.15) is 4.98 Å². The van der Waals surface area contributed by atoms with E-state index in [4.69, 9.17) is 9.26 Å². The van der Waals surface area contributed by atoms with Crippen molar-refractivity contribution >= 4 is 0 Å². The SMILES string of the molecule is CCc1nc(COc2ccc(C)cc2C(C)O)no1. The molecule has 0 saturated heterocycles. The molecule has 0 aliphatic rings. The summed E-state index contributed by atoms with van der Waals surface area (Å²) in [7, 11) is 0. The van der Waals surface area contributed by atoms with Gasteiger partial charge in [-0.25, -0.2) is 0 Å². The first-order valence-corrected chi connectivity index (χ1v) is 6.33. The largest absolute Gasteiger partial charge is 0.485 e. The van der Waals surface area contributed by atoms with E-state index in [1.165, 1.54) is 0 Å². The highest BCUT2D eigenvalue weighted by Gasteiger charge is 2.11. The van der Waals surface area contributed by atoms with Gasteiger partial charge in [-0.15, -0.1) is 0 Å². The van der Waals surface area contributed by atoms with Gasteiger partial charge in [-0.3, -0.25) is 0 Å². The molecule has 1 aromatic carbocycles. The summed E-state index contributed by atoms with van der Waals surface area (Å²) in [6.07, 6.45) is 0.127. The standard InChI is InChI=1S/C14H18N2O3/c1-4-14-15-13(16-19-14)8-18-12-6-5-9(2)7-11(12)10(3)17/h5-7,10,17H,4,8H2,1-3H3. The Bertz CT molecular complexity index is 549. The number of aliphatic hydroxyl groups excluding tert-OH is 1. The molecule has 0 saturated carbocycles. The molecule has 0 aliphatic carbocycles. The van der Waals surface area contributed by atoms with Gasteiger partial charge in [0.25, 0.3) is 0 Å². The number of aromatic nitrogens is 2. The Morgan fingerprint density at radius 3 is 2.84 bits per heavy atom. The van der Waals surface area contributed by atoms with Crippen LogP contribution in [0.15, 0.2) is 22.7 Å². The molecule has 2 aromatic rings. The summed E-state index contributed by atoms with van der Waals surface area (Å²) in [5.41, 5.74) is 1.84. The Hall–Kier alpha value is -1.88. The van der Waals surface area contributed by atoms with Gasteiger partial charge in [0.1, 0.15) is 5.75 Å². The molecule has 0 aliphatic heterocycles. The van der Waals surface area contributed by atoms with Crippen LogP contribution in [-0.4, -0.2) is 15.2 Å². The summed E-state index contributed by atoms with van der Waals surface area (Å²) in [6.45, 7) is 5.86. The molecule has 102 valence electrons. The summed E-state index contributed by atoms with van der Waals surface area (Å²) in [6, 6.07) is 5.70. The van der Waals surface area contributed by atoms with Crippen LogP contribution in [0.5, 0.6) is 5.75 Å². The molecule has 2 rings (SSSR count). The maximum absolute atomic E-state index is 9.74. The molecule has 1 atom stereocenters. The van der Waals surface area contributed by atoms with Gasteiger partial charge >= 0.3 is 0 Å². The maximum Gasteiger partial charge on any atom is 0.226 e. The molecule has 0 bridgehead atoms. The molecule has 1 aromatic heterocycles. The number of aryl methyl sites for hydroxylation is 2. The molecule has 0 fully saturated rings. The molecular formula is C14H18N2O3. The zero-order valence-electron chi connectivity index (χ0n) is 11.4. The van der Waals surface area contributed by atoms with Crippen LogP contribution in [0.4, 0.5) is 0 Å². The molecule has 0 amide bonds. The Labute approximate surface area is 112 Å². The number of ether oxygens (including phenoxy) is 1. The van der Waals surface area contributed by atoms with Crippen LogP contribution < -0.4 is 4.74 Å². The molecular weight excluding hydrogens is 244 g/mol. The van der Waals surface area contributed by atoms with Gasteiger partial charge < -0.3 is 14.4 Å². The molecule has 1 heterocycles. The van der Waals surface area contributed by atoms with Crippen LogP contribution >= 0.6 is 0 Å². The Balaban J connectivity index is 2.10. The Kier molecular flexibility index (Phi) is 4.16. The van der Waals surface area contributed by atoms with Crippen LogP contribution in [0.3, 0.4) is 0 Å². The van der Waals surface area contributed by atoms with E-state index in [0.717, 1.165) is 11.1 Å². The lowest BCUT2D eigenvalue weighted by molar-refractivity contribution is 0.189. The fourth-order valence-electron chi connectivity index (χ4n) is 1.76. The van der Waals surface area contributed by atoms with E-state index in [-0.39, 0.29) is 6.61 Å². The smallest absolute Gasteiger partial charge is 0.226 e. The van der Waals surface area contributed by atoms with Crippen LogP contribution in [0.2, 0.25) is 0 Å². The van der Waals surface area contributed by atoms with E-state index in [2.05, 4.69) is 10.1 Å². The third-order valence-corrected chi connectivity index (χ3v) is 2.78. The maximum atomic E-state index is 9.74. The molecule has 1 unspecified atom stereocenters. The quantitative estimate of drug-likeness (QED) is 0.896. The lowest BCUT2D eigenvalue weighted by Crippen LogP contribution is -2.02. The number of hydrogen-bond donors (Lipinski definition) is 1. The predicted octanol–water partition coefficient (Wildman–Crippen LogP) is 2.57. The topological polar surface area (TPSA) is 68.4 Å². The molecule has 19 heavy (non-hydrogen) atoms. The van der Waals surface area contributed by atoms with Crippen molar-refractivity contribution in [1.82, 2.24) is 10.1 Å². The van der Waals surface area contributed by atoms with E-state index in [1.54, 1.807) is 6.92 Å². The molecule has 5 nitrogen and oxygen atoms in total. The molecule has 1 N–H and O–H groups in total. The lowest BCUT2D eigenvalue weighted by atomic mass is 10.1. The summed E-state index contributed by atoms with van der Waals surface area (Å²) in [4.78, 5) is 4.17. The lowest BCUT2D eigenvalue weighted by Gasteiger charge is -2.13. The first-order valence-electron chi connectivity index (χ1n) is 6.33. The van der Waals surface area contributed by atoms with E-state index >= 15 is 0 Å². The normalized spacial score (nSPS) is 12.4. The van der Waals surface area contributed by atoms with Crippen LogP contribution in [0.1, 0.15) is 42.8 Å². The third kappa shape index (κ3) is 3.32. The first-order chi connectivity index (χ1) is 9.10. The number of benzene rings is 1. The summed E-state index contributed by atoms with van der Waals surface area (Å²) in [5, 5.41) is 13.6. The van der Waals surface area contributed by atoms with Gasteiger partial charge in [0.05, 0.1) is 6.10 Å². The van der Waals surface area contributed by atoms with Gasteiger partial charge in [0.2, 0.25) is 11.7 Å². The second-order valence-electron chi connectivity index (χ2n) is 4.46. The zero-order valence-corrected chi connectivity index (χ0v) is 11.4. The Morgan fingerprint density at radius 2 is 2.21 bits per heavy atom. The third-order valence-electron chi connectivity index (χ3n) is 2.78. The van der Waals surface area contributed by atoms with Crippen molar-refractivity contribution in [2.45, 2.75) is 39.9 Å². The van der Waals surface area contributed by atoms with Crippen molar-refractivity contribution in [1.29, 1.82) is 0 Å². The number of hydrogen-bond acceptors (Lipinski definition) is 5. The van der Waals surface area contributed by atoms with E-state index in [9.17, 15) is 5.11 Å². The average molecular weight is 262 g/mol. The van der Waals surface area contributed by atoms with E-state index < -0.39 is 6.10 Å². The zero-order chi connectivity index (χ0) is 13.8. The van der Waals surface area contributed by atoms with Crippen LogP contribution in [0.25, 0.3) is 0 Å². The second-order valence-corrected chi connectivity index (χ2v) is 4.46. The summed E-state index contributed by atoms with van der Waals surface area (Å²) >= 11 is 0. The molecule has 0 spiro atoms. The highest BCUT2D eigenvalue weighted by molar-refractivity contribution is 5.38. The van der Waals surface area contributed by atoms with Crippen molar-refractivity contribution in [2.75, 3.05) is 0 Å². The van der Waals surface area contributed by atoms with Gasteiger partial charge in [0.15, 0.2) is 6.61 Å². The van der Waals surface area contributed by atoms with Gasteiger partial charge in [0, 0.05) is 12.0 Å². The molecule has 5 heteroatoms. The number of aliphatic hydroxyl groups is 1. The molecule has 0 radical (unpaired) electrons. The minimum atomic E-state index is -0.577. The summed E-state index contributed by atoms with van der Waals surface area (Å²) < 4.78 is 10.7. The van der Waals surface area contributed by atoms with Crippen molar-refractivity contribution in [2.24, 2.45) is 0 Å². The van der Waals surface area contributed by atoms with Crippen molar-refractivity contribution in [3.05, 3.63) is 41.0 Å². The van der Waals surface area contributed by atoms with E-state index in [1.807, 2.05) is 32.0 Å². The van der Waals surface area contributed by atoms with Crippen molar-refractivity contribution in [3.63, 3.8) is 0 Å². The van der Waals surface area contributed by atoms with Gasteiger partial charge in [-0.05, 0) is 26.0 Å². The fraction of sp³-hybridized carbons (Fsp3) is 0.429. The predicted molar refractivity (Wildman–Crippen MR) is 69.8 cm³/mol. The van der Waals surface area contributed by atoms with Crippen molar-refractivity contribution < 1.29 is 14.4 Å². The van der Waals surface area contributed by atoms with Crippen molar-refractivity contribution in [3.8, 4) is 5.75 Å². The van der Waals surface area contributed by atoms with E-state index in [0.29, 0.717) is 23.9 Å².